The lowest BCUT2D eigenvalue weighted by Crippen LogP contribution is -2.47. The fourth-order valence-corrected chi connectivity index (χ4v) is 2.50. The Morgan fingerprint density at radius 3 is 2.70 bits per heavy atom. The Labute approximate surface area is 134 Å². The van der Waals surface area contributed by atoms with Gasteiger partial charge in [-0.25, -0.2) is 4.39 Å². The second-order valence-corrected chi connectivity index (χ2v) is 5.62. The molecule has 0 aliphatic carbocycles. The van der Waals surface area contributed by atoms with Gasteiger partial charge in [0.2, 0.25) is 0 Å². The van der Waals surface area contributed by atoms with Crippen molar-refractivity contribution >= 4 is 17.5 Å². The van der Waals surface area contributed by atoms with Gasteiger partial charge in [0.25, 0.3) is 0 Å². The third kappa shape index (κ3) is 4.76. The summed E-state index contributed by atoms with van der Waals surface area (Å²) < 4.78 is 13.6. The first-order valence-corrected chi connectivity index (χ1v) is 7.47. The van der Waals surface area contributed by atoms with Gasteiger partial charge < -0.3 is 10.6 Å². The van der Waals surface area contributed by atoms with Crippen LogP contribution in [0.25, 0.3) is 0 Å². The van der Waals surface area contributed by atoms with Crippen molar-refractivity contribution in [3.63, 3.8) is 0 Å². The van der Waals surface area contributed by atoms with Gasteiger partial charge in [0.15, 0.2) is 0 Å². The Kier molecular flexibility index (Phi) is 5.66. The predicted octanol–water partition coefficient (Wildman–Crippen LogP) is 1.18. The van der Waals surface area contributed by atoms with E-state index in [1.54, 1.807) is 13.0 Å². The molecule has 1 saturated heterocycles. The number of carbonyl (C=O) groups is 2. The Bertz CT molecular complexity index is 633. The van der Waals surface area contributed by atoms with Crippen LogP contribution in [-0.4, -0.2) is 42.4 Å². The fraction of sp³-hybridized carbons (Fsp3) is 0.438. The zero-order chi connectivity index (χ0) is 16.8. The van der Waals surface area contributed by atoms with Crippen LogP contribution in [0.3, 0.4) is 0 Å². The zero-order valence-electron chi connectivity index (χ0n) is 12.9. The fourth-order valence-electron chi connectivity index (χ4n) is 2.50. The van der Waals surface area contributed by atoms with Crippen LogP contribution in [0.2, 0.25) is 0 Å². The number of nitrogens with zero attached hydrogens (tertiary/aromatic N) is 2. The summed E-state index contributed by atoms with van der Waals surface area (Å²) in [6.45, 7) is 3.54. The Morgan fingerprint density at radius 1 is 1.35 bits per heavy atom. The van der Waals surface area contributed by atoms with E-state index in [0.29, 0.717) is 32.5 Å². The van der Waals surface area contributed by atoms with Gasteiger partial charge in [-0.2, -0.15) is 5.26 Å². The molecule has 1 aromatic rings. The van der Waals surface area contributed by atoms with Crippen LogP contribution in [-0.2, 0) is 9.59 Å². The molecule has 1 fully saturated rings. The van der Waals surface area contributed by atoms with Crippen LogP contribution in [0.1, 0.15) is 18.4 Å². The number of nitrogens with one attached hydrogen (secondary N) is 2. The van der Waals surface area contributed by atoms with Crippen molar-refractivity contribution in [3.8, 4) is 6.07 Å². The quantitative estimate of drug-likeness (QED) is 0.647. The number of nitriles is 1. The van der Waals surface area contributed by atoms with Gasteiger partial charge in [0.1, 0.15) is 5.82 Å². The van der Waals surface area contributed by atoms with E-state index in [0.717, 1.165) is 5.56 Å². The summed E-state index contributed by atoms with van der Waals surface area (Å²) in [6, 6.07) is 6.28. The van der Waals surface area contributed by atoms with Crippen molar-refractivity contribution in [2.45, 2.75) is 25.8 Å². The largest absolute Gasteiger partial charge is 0.345 e. The monoisotopic (exact) mass is 318 g/mol. The molecule has 0 spiro atoms. The lowest BCUT2D eigenvalue weighted by Gasteiger charge is -2.30. The maximum atomic E-state index is 13.6. The summed E-state index contributed by atoms with van der Waals surface area (Å²) in [5, 5.41) is 13.6. The second kappa shape index (κ2) is 7.70. The van der Waals surface area contributed by atoms with Crippen molar-refractivity contribution in [1.29, 1.82) is 5.26 Å². The van der Waals surface area contributed by atoms with Gasteiger partial charge in [0.05, 0.1) is 18.3 Å². The number of hydrogen-bond acceptors (Lipinski definition) is 4. The highest BCUT2D eigenvalue weighted by Crippen LogP contribution is 2.15. The Balaban J connectivity index is 1.85. The number of piperidine rings is 1. The van der Waals surface area contributed by atoms with Crippen molar-refractivity contribution < 1.29 is 14.0 Å². The standard InChI is InChI=1S/C16H19FN4O2/c1-11-2-3-13(17)14(10-11)20-16(23)15(22)19-12-4-7-21(8-5-12)9-6-18/h2-3,10,12H,4-5,7-9H2,1H3,(H,19,22)(H,20,23). The number of benzene rings is 1. The van der Waals surface area contributed by atoms with E-state index in [-0.39, 0.29) is 11.7 Å². The molecule has 0 atom stereocenters. The van der Waals surface area contributed by atoms with E-state index in [4.69, 9.17) is 5.26 Å². The average molecular weight is 318 g/mol. The highest BCUT2D eigenvalue weighted by atomic mass is 19.1. The molecular formula is C16H19FN4O2. The van der Waals surface area contributed by atoms with Crippen LogP contribution in [0.15, 0.2) is 18.2 Å². The maximum absolute atomic E-state index is 13.6. The smallest absolute Gasteiger partial charge is 0.313 e. The first-order valence-electron chi connectivity index (χ1n) is 7.47. The number of carbonyl (C=O) groups excluding carboxylic acids is 2. The van der Waals surface area contributed by atoms with Crippen molar-refractivity contribution in [3.05, 3.63) is 29.6 Å². The molecule has 2 N–H and O–H groups in total. The summed E-state index contributed by atoms with van der Waals surface area (Å²) in [6.07, 6.45) is 1.36. The highest BCUT2D eigenvalue weighted by molar-refractivity contribution is 6.39. The van der Waals surface area contributed by atoms with Gasteiger partial charge in [-0.1, -0.05) is 6.07 Å². The maximum Gasteiger partial charge on any atom is 0.313 e. The van der Waals surface area contributed by atoms with Crippen LogP contribution >= 0.6 is 0 Å². The first-order chi connectivity index (χ1) is 11.0. The minimum absolute atomic E-state index is 0.00557. The molecular weight excluding hydrogens is 299 g/mol. The first kappa shape index (κ1) is 16.9. The molecule has 6 nitrogen and oxygen atoms in total. The van der Waals surface area contributed by atoms with E-state index < -0.39 is 17.6 Å². The lowest BCUT2D eigenvalue weighted by atomic mass is 10.1. The molecule has 7 heteroatoms. The van der Waals surface area contributed by atoms with Gasteiger partial charge in [-0.15, -0.1) is 0 Å². The molecule has 1 heterocycles. The van der Waals surface area contributed by atoms with Gasteiger partial charge in [0, 0.05) is 19.1 Å². The lowest BCUT2D eigenvalue weighted by molar-refractivity contribution is -0.136. The number of amides is 2. The third-order valence-corrected chi connectivity index (χ3v) is 3.79. The summed E-state index contributed by atoms with van der Waals surface area (Å²) in [5.74, 6) is -2.24. The van der Waals surface area contributed by atoms with Gasteiger partial charge >= 0.3 is 11.8 Å². The molecule has 1 aliphatic rings. The van der Waals surface area contributed by atoms with Crippen LogP contribution in [0, 0.1) is 24.1 Å². The van der Waals surface area contributed by atoms with Gasteiger partial charge in [-0.3, -0.25) is 14.5 Å². The summed E-state index contributed by atoms with van der Waals surface area (Å²) in [4.78, 5) is 25.8. The van der Waals surface area contributed by atoms with Crippen molar-refractivity contribution in [2.75, 3.05) is 25.0 Å². The van der Waals surface area contributed by atoms with E-state index in [1.165, 1.54) is 12.1 Å². The normalized spacial score (nSPS) is 15.7. The molecule has 1 aromatic carbocycles. The van der Waals surface area contributed by atoms with E-state index in [2.05, 4.69) is 16.7 Å². The SMILES string of the molecule is Cc1ccc(F)c(NC(=O)C(=O)NC2CCN(CC#N)CC2)c1. The van der Waals surface area contributed by atoms with E-state index in [9.17, 15) is 14.0 Å². The number of halogens is 1. The summed E-state index contributed by atoms with van der Waals surface area (Å²) in [5.41, 5.74) is 0.779. The summed E-state index contributed by atoms with van der Waals surface area (Å²) in [7, 11) is 0. The molecule has 2 amide bonds. The Hall–Kier alpha value is -2.46. The Morgan fingerprint density at radius 2 is 2.04 bits per heavy atom. The van der Waals surface area contributed by atoms with Crippen molar-refractivity contribution in [2.24, 2.45) is 0 Å². The minimum Gasteiger partial charge on any atom is -0.345 e. The van der Waals surface area contributed by atoms with Crippen LogP contribution < -0.4 is 10.6 Å². The minimum atomic E-state index is -0.881. The molecule has 0 bridgehead atoms. The predicted molar refractivity (Wildman–Crippen MR) is 83.0 cm³/mol. The number of rotatable bonds is 3. The number of hydrogen-bond donors (Lipinski definition) is 2. The molecule has 0 aromatic heterocycles. The average Bonchev–Trinajstić information content (AvgIpc) is 2.53. The molecule has 122 valence electrons. The summed E-state index contributed by atoms with van der Waals surface area (Å²) >= 11 is 0. The number of likely N-dealkylation sites (tertiary alicyclic amines) is 1. The molecule has 23 heavy (non-hydrogen) atoms. The highest BCUT2D eigenvalue weighted by Gasteiger charge is 2.23. The molecule has 0 radical (unpaired) electrons. The number of anilines is 1. The topological polar surface area (TPSA) is 85.2 Å². The molecule has 2 rings (SSSR count). The molecule has 0 unspecified atom stereocenters. The van der Waals surface area contributed by atoms with Crippen LogP contribution in [0.4, 0.5) is 10.1 Å². The third-order valence-electron chi connectivity index (χ3n) is 3.79. The zero-order valence-corrected chi connectivity index (χ0v) is 12.9. The van der Waals surface area contributed by atoms with E-state index in [1.807, 2.05) is 4.90 Å². The molecule has 0 saturated carbocycles. The van der Waals surface area contributed by atoms with Crippen LogP contribution in [0.5, 0.6) is 0 Å². The molecule has 1 aliphatic heterocycles. The van der Waals surface area contributed by atoms with E-state index >= 15 is 0 Å². The van der Waals surface area contributed by atoms with Crippen molar-refractivity contribution in [1.82, 2.24) is 10.2 Å². The van der Waals surface area contributed by atoms with Gasteiger partial charge in [-0.05, 0) is 37.5 Å². The second-order valence-electron chi connectivity index (χ2n) is 5.62. The number of aryl methyl sites for hydroxylation is 1.